The third-order valence-electron chi connectivity index (χ3n) is 3.23. The number of aromatic carboxylic acids is 1. The quantitative estimate of drug-likeness (QED) is 0.686. The zero-order chi connectivity index (χ0) is 14.8. The molecule has 0 saturated carbocycles. The van der Waals surface area contributed by atoms with Crippen LogP contribution >= 0.6 is 0 Å². The molecule has 112 valence electrons. The number of H-pyrrole nitrogens is 1. The van der Waals surface area contributed by atoms with Crippen LogP contribution in [0.2, 0.25) is 0 Å². The molecule has 2 heterocycles. The van der Waals surface area contributed by atoms with Gasteiger partial charge in [-0.3, -0.25) is 5.10 Å². The number of aromatic amines is 1. The Morgan fingerprint density at radius 2 is 2.35 bits per heavy atom. The Balaban J connectivity index is 2.06. The summed E-state index contributed by atoms with van der Waals surface area (Å²) in [5.74, 6) is -1.03. The van der Waals surface area contributed by atoms with Crippen molar-refractivity contribution in [3.8, 4) is 0 Å². The normalized spacial score (nSPS) is 19.4. The van der Waals surface area contributed by atoms with Gasteiger partial charge in [0, 0.05) is 19.8 Å². The zero-order valence-electron chi connectivity index (χ0n) is 11.0. The molecule has 1 aliphatic heterocycles. The Bertz CT molecular complexity index is 589. The lowest BCUT2D eigenvalue weighted by atomic mass is 10.1. The smallest absolute Gasteiger partial charge is 0.357 e. The summed E-state index contributed by atoms with van der Waals surface area (Å²) in [7, 11) is -3.88. The predicted molar refractivity (Wildman–Crippen MR) is 69.0 cm³/mol. The number of nitrogens with zero attached hydrogens (tertiary/aromatic N) is 1. The first-order valence-corrected chi connectivity index (χ1v) is 7.76. The fourth-order valence-electron chi connectivity index (χ4n) is 2.17. The van der Waals surface area contributed by atoms with Gasteiger partial charge in [0.05, 0.1) is 5.69 Å². The molecule has 1 atom stereocenters. The van der Waals surface area contributed by atoms with E-state index in [1.54, 1.807) is 0 Å². The number of carbonyl (C=O) groups is 1. The summed E-state index contributed by atoms with van der Waals surface area (Å²) in [5, 5.41) is 14.8. The van der Waals surface area contributed by atoms with Gasteiger partial charge in [-0.2, -0.15) is 5.10 Å². The highest BCUT2D eigenvalue weighted by molar-refractivity contribution is 7.89. The lowest BCUT2D eigenvalue weighted by molar-refractivity contribution is 0.0686. The van der Waals surface area contributed by atoms with E-state index in [1.807, 2.05) is 0 Å². The molecule has 1 aliphatic rings. The van der Waals surface area contributed by atoms with Crippen LogP contribution in [0.4, 0.5) is 0 Å². The van der Waals surface area contributed by atoms with Crippen LogP contribution in [0.3, 0.4) is 0 Å². The van der Waals surface area contributed by atoms with E-state index in [1.165, 1.54) is 6.92 Å². The van der Waals surface area contributed by atoms with Gasteiger partial charge in [-0.05, 0) is 25.7 Å². The van der Waals surface area contributed by atoms with Crippen LogP contribution in [-0.2, 0) is 14.8 Å². The Morgan fingerprint density at radius 1 is 1.60 bits per heavy atom. The van der Waals surface area contributed by atoms with Crippen molar-refractivity contribution < 1.29 is 23.1 Å². The fraction of sp³-hybridized carbons (Fsp3) is 0.636. The van der Waals surface area contributed by atoms with Crippen molar-refractivity contribution >= 4 is 16.0 Å². The number of hydrogen-bond donors (Lipinski definition) is 3. The molecule has 0 spiro atoms. The molecule has 0 radical (unpaired) electrons. The number of ether oxygens (including phenoxy) is 1. The number of nitrogens with one attached hydrogen (secondary N) is 2. The molecule has 0 aliphatic carbocycles. The zero-order valence-corrected chi connectivity index (χ0v) is 11.9. The standard InChI is InChI=1S/C11H17N3O5S/c1-7-10(9(11(15)16)14-13-7)20(17,18)12-4-2-8-3-5-19-6-8/h8,12H,2-6H2,1H3,(H,13,14)(H,15,16). The molecule has 0 aromatic carbocycles. The molecule has 9 heteroatoms. The number of carboxylic acid groups (broad SMARTS) is 1. The Hall–Kier alpha value is -1.45. The van der Waals surface area contributed by atoms with E-state index < -0.39 is 21.7 Å². The number of sulfonamides is 1. The second-order valence-electron chi connectivity index (χ2n) is 4.75. The average Bonchev–Trinajstić information content (AvgIpc) is 2.98. The second-order valence-corrected chi connectivity index (χ2v) is 6.45. The summed E-state index contributed by atoms with van der Waals surface area (Å²) in [4.78, 5) is 10.7. The number of aryl methyl sites for hydroxylation is 1. The maximum Gasteiger partial charge on any atom is 0.357 e. The molecular weight excluding hydrogens is 286 g/mol. The number of hydrogen-bond acceptors (Lipinski definition) is 5. The number of aromatic nitrogens is 2. The summed E-state index contributed by atoms with van der Waals surface area (Å²) in [6.07, 6.45) is 1.59. The lowest BCUT2D eigenvalue weighted by Crippen LogP contribution is -2.28. The molecule has 1 aromatic rings. The molecule has 0 bridgehead atoms. The van der Waals surface area contributed by atoms with Crippen LogP contribution in [0, 0.1) is 12.8 Å². The van der Waals surface area contributed by atoms with Crippen molar-refractivity contribution in [1.29, 1.82) is 0 Å². The monoisotopic (exact) mass is 303 g/mol. The van der Waals surface area contributed by atoms with Gasteiger partial charge in [-0.1, -0.05) is 0 Å². The molecule has 1 unspecified atom stereocenters. The predicted octanol–water partition coefficient (Wildman–Crippen LogP) is 0.121. The molecule has 0 amide bonds. The number of carboxylic acids is 1. The first-order chi connectivity index (χ1) is 9.42. The molecule has 1 fully saturated rings. The van der Waals surface area contributed by atoms with E-state index in [0.29, 0.717) is 25.6 Å². The molecular formula is C11H17N3O5S. The van der Waals surface area contributed by atoms with E-state index in [4.69, 9.17) is 9.84 Å². The van der Waals surface area contributed by atoms with Crippen molar-refractivity contribution in [2.24, 2.45) is 5.92 Å². The maximum absolute atomic E-state index is 12.1. The minimum absolute atomic E-state index is 0.207. The van der Waals surface area contributed by atoms with Crippen LogP contribution in [0.15, 0.2) is 4.90 Å². The van der Waals surface area contributed by atoms with Gasteiger partial charge >= 0.3 is 5.97 Å². The van der Waals surface area contributed by atoms with Gasteiger partial charge in [0.15, 0.2) is 5.69 Å². The van der Waals surface area contributed by atoms with Crippen LogP contribution in [0.1, 0.15) is 29.0 Å². The van der Waals surface area contributed by atoms with Gasteiger partial charge in [0.2, 0.25) is 10.0 Å². The molecule has 1 aromatic heterocycles. The summed E-state index contributed by atoms with van der Waals surface area (Å²) in [6.45, 7) is 3.08. The Labute approximate surface area is 116 Å². The van der Waals surface area contributed by atoms with Crippen molar-refractivity contribution in [2.45, 2.75) is 24.7 Å². The minimum Gasteiger partial charge on any atom is -0.476 e. The van der Waals surface area contributed by atoms with Crippen LogP contribution in [0.25, 0.3) is 0 Å². The lowest BCUT2D eigenvalue weighted by Gasteiger charge is -2.09. The topological polar surface area (TPSA) is 121 Å². The van der Waals surface area contributed by atoms with Crippen LogP contribution in [-0.4, -0.2) is 49.4 Å². The third-order valence-corrected chi connectivity index (χ3v) is 4.85. The first kappa shape index (κ1) is 14.9. The van der Waals surface area contributed by atoms with Crippen molar-refractivity contribution in [1.82, 2.24) is 14.9 Å². The van der Waals surface area contributed by atoms with Gasteiger partial charge < -0.3 is 9.84 Å². The van der Waals surface area contributed by atoms with Gasteiger partial charge in [-0.15, -0.1) is 0 Å². The molecule has 20 heavy (non-hydrogen) atoms. The van der Waals surface area contributed by atoms with E-state index in [-0.39, 0.29) is 17.1 Å². The summed E-state index contributed by atoms with van der Waals surface area (Å²) >= 11 is 0. The van der Waals surface area contributed by atoms with Crippen LogP contribution in [0.5, 0.6) is 0 Å². The largest absolute Gasteiger partial charge is 0.476 e. The highest BCUT2D eigenvalue weighted by atomic mass is 32.2. The third kappa shape index (κ3) is 3.17. The molecule has 1 saturated heterocycles. The van der Waals surface area contributed by atoms with E-state index >= 15 is 0 Å². The fourth-order valence-corrected chi connectivity index (χ4v) is 3.54. The van der Waals surface area contributed by atoms with E-state index in [2.05, 4.69) is 14.9 Å². The average molecular weight is 303 g/mol. The Kier molecular flexibility index (Phi) is 4.41. The van der Waals surface area contributed by atoms with E-state index in [9.17, 15) is 13.2 Å². The summed E-state index contributed by atoms with van der Waals surface area (Å²) in [5.41, 5.74) is -0.279. The first-order valence-electron chi connectivity index (χ1n) is 6.27. The van der Waals surface area contributed by atoms with E-state index in [0.717, 1.165) is 6.42 Å². The van der Waals surface area contributed by atoms with Crippen LogP contribution < -0.4 is 4.72 Å². The Morgan fingerprint density at radius 3 is 2.95 bits per heavy atom. The second kappa shape index (κ2) is 5.90. The molecule has 8 nitrogen and oxygen atoms in total. The van der Waals surface area contributed by atoms with Crippen molar-refractivity contribution in [3.63, 3.8) is 0 Å². The highest BCUT2D eigenvalue weighted by Gasteiger charge is 2.28. The molecule has 3 N–H and O–H groups in total. The highest BCUT2D eigenvalue weighted by Crippen LogP contribution is 2.19. The van der Waals surface area contributed by atoms with Gasteiger partial charge in [0.25, 0.3) is 0 Å². The SMILES string of the molecule is Cc1[nH]nc(C(=O)O)c1S(=O)(=O)NCCC1CCOC1. The minimum atomic E-state index is -3.88. The maximum atomic E-state index is 12.1. The molecule has 2 rings (SSSR count). The summed E-state index contributed by atoms with van der Waals surface area (Å²) < 4.78 is 31.9. The van der Waals surface area contributed by atoms with Crippen molar-refractivity contribution in [3.05, 3.63) is 11.4 Å². The van der Waals surface area contributed by atoms with Gasteiger partial charge in [-0.25, -0.2) is 17.9 Å². The van der Waals surface area contributed by atoms with Crippen molar-refractivity contribution in [2.75, 3.05) is 19.8 Å². The number of rotatable bonds is 6. The summed E-state index contributed by atoms with van der Waals surface area (Å²) in [6, 6.07) is 0. The van der Waals surface area contributed by atoms with Gasteiger partial charge in [0.1, 0.15) is 4.90 Å².